The lowest BCUT2D eigenvalue weighted by Crippen LogP contribution is -1.85. The average molecular weight is 254 g/mol. The van der Waals surface area contributed by atoms with Gasteiger partial charge in [-0.1, -0.05) is 41.9 Å². The van der Waals surface area contributed by atoms with Gasteiger partial charge < -0.3 is 4.74 Å². The summed E-state index contributed by atoms with van der Waals surface area (Å²) in [4.78, 5) is 0. The Morgan fingerprint density at radius 1 is 1.20 bits per heavy atom. The van der Waals surface area contributed by atoms with Gasteiger partial charge in [-0.2, -0.15) is 0 Å². The molecule has 60 valence electrons. The van der Waals surface area contributed by atoms with Crippen LogP contribution in [-0.2, 0) is 4.74 Å². The van der Waals surface area contributed by atoms with E-state index in [2.05, 4.69) is 22.6 Å². The lowest BCUT2D eigenvalue weighted by atomic mass is 10.1. The van der Waals surface area contributed by atoms with E-state index in [1.807, 2.05) is 0 Å². The van der Waals surface area contributed by atoms with Crippen LogP contribution in [0.1, 0.15) is 32.1 Å². The zero-order valence-electron chi connectivity index (χ0n) is 6.31. The van der Waals surface area contributed by atoms with Crippen molar-refractivity contribution in [2.75, 3.05) is 11.0 Å². The van der Waals surface area contributed by atoms with Crippen LogP contribution in [0.25, 0.3) is 0 Å². The summed E-state index contributed by atoms with van der Waals surface area (Å²) >= 11 is 2.44. The van der Waals surface area contributed by atoms with E-state index in [9.17, 15) is 0 Å². The van der Waals surface area contributed by atoms with Gasteiger partial charge in [0, 0.05) is 0 Å². The number of hydrogen-bond acceptors (Lipinski definition) is 1. The van der Waals surface area contributed by atoms with E-state index in [0.29, 0.717) is 6.10 Å². The molecule has 0 aromatic rings. The molecular formula is C8H15IO. The largest absolute Gasteiger partial charge is 0.373 e. The SMILES string of the molecule is ICCCCCCC1CO1. The van der Waals surface area contributed by atoms with E-state index in [1.54, 1.807) is 0 Å². The Bertz CT molecular complexity index is 81.3. The zero-order valence-corrected chi connectivity index (χ0v) is 8.47. The molecule has 1 rings (SSSR count). The number of rotatable bonds is 6. The van der Waals surface area contributed by atoms with Crippen LogP contribution in [0.5, 0.6) is 0 Å². The van der Waals surface area contributed by atoms with Crippen molar-refractivity contribution in [3.8, 4) is 0 Å². The van der Waals surface area contributed by atoms with Gasteiger partial charge in [0.2, 0.25) is 0 Å². The molecule has 1 fully saturated rings. The van der Waals surface area contributed by atoms with Crippen LogP contribution in [0, 0.1) is 0 Å². The molecule has 0 spiro atoms. The maximum atomic E-state index is 5.11. The second-order valence-electron chi connectivity index (χ2n) is 2.85. The lowest BCUT2D eigenvalue weighted by Gasteiger charge is -1.95. The first-order valence-corrected chi connectivity index (χ1v) is 5.63. The predicted octanol–water partition coefficient (Wildman–Crippen LogP) is 2.77. The molecule has 1 atom stereocenters. The molecule has 0 radical (unpaired) electrons. The van der Waals surface area contributed by atoms with Gasteiger partial charge in [-0.3, -0.25) is 0 Å². The normalized spacial score (nSPS) is 23.1. The van der Waals surface area contributed by atoms with Crippen molar-refractivity contribution < 1.29 is 4.74 Å². The highest BCUT2D eigenvalue weighted by atomic mass is 127. The Labute approximate surface area is 76.7 Å². The minimum Gasteiger partial charge on any atom is -0.373 e. The van der Waals surface area contributed by atoms with Crippen molar-refractivity contribution in [1.82, 2.24) is 0 Å². The number of hydrogen-bond donors (Lipinski definition) is 0. The molecule has 1 heterocycles. The first-order chi connectivity index (χ1) is 4.93. The molecule has 0 bridgehead atoms. The molecule has 0 saturated carbocycles. The van der Waals surface area contributed by atoms with Crippen LogP contribution in [0.15, 0.2) is 0 Å². The van der Waals surface area contributed by atoms with E-state index in [1.165, 1.54) is 36.5 Å². The molecule has 1 aliphatic rings. The standard InChI is InChI=1S/C8H15IO/c9-6-4-2-1-3-5-8-7-10-8/h8H,1-7H2. The van der Waals surface area contributed by atoms with Gasteiger partial charge in [-0.25, -0.2) is 0 Å². The summed E-state index contributed by atoms with van der Waals surface area (Å²) in [6.07, 6.45) is 7.55. The van der Waals surface area contributed by atoms with Gasteiger partial charge in [-0.05, 0) is 17.3 Å². The molecule has 0 amide bonds. The van der Waals surface area contributed by atoms with Gasteiger partial charge in [0.1, 0.15) is 0 Å². The fraction of sp³-hybridized carbons (Fsp3) is 1.00. The minimum atomic E-state index is 0.652. The predicted molar refractivity (Wildman–Crippen MR) is 51.7 cm³/mol. The summed E-state index contributed by atoms with van der Waals surface area (Å²) in [7, 11) is 0. The van der Waals surface area contributed by atoms with Crippen molar-refractivity contribution in [2.45, 2.75) is 38.2 Å². The Morgan fingerprint density at radius 2 is 1.90 bits per heavy atom. The number of alkyl halides is 1. The fourth-order valence-electron chi connectivity index (χ4n) is 1.05. The van der Waals surface area contributed by atoms with Crippen LogP contribution in [0.3, 0.4) is 0 Å². The number of halogens is 1. The molecule has 0 aliphatic carbocycles. The van der Waals surface area contributed by atoms with Gasteiger partial charge in [0.15, 0.2) is 0 Å². The highest BCUT2D eigenvalue weighted by Gasteiger charge is 2.20. The van der Waals surface area contributed by atoms with Crippen LogP contribution >= 0.6 is 22.6 Å². The summed E-state index contributed by atoms with van der Waals surface area (Å²) in [6.45, 7) is 1.03. The van der Waals surface area contributed by atoms with E-state index >= 15 is 0 Å². The topological polar surface area (TPSA) is 12.5 Å². The fourth-order valence-corrected chi connectivity index (χ4v) is 1.59. The van der Waals surface area contributed by atoms with E-state index in [4.69, 9.17) is 4.74 Å². The molecule has 0 aromatic carbocycles. The zero-order chi connectivity index (χ0) is 7.23. The number of unbranched alkanes of at least 4 members (excludes halogenated alkanes) is 3. The van der Waals surface area contributed by atoms with E-state index in [0.717, 1.165) is 6.61 Å². The van der Waals surface area contributed by atoms with Crippen molar-refractivity contribution in [2.24, 2.45) is 0 Å². The summed E-state index contributed by atoms with van der Waals surface area (Å²) in [6, 6.07) is 0. The first kappa shape index (κ1) is 8.78. The van der Waals surface area contributed by atoms with Gasteiger partial charge in [0.25, 0.3) is 0 Å². The van der Waals surface area contributed by atoms with Gasteiger partial charge in [-0.15, -0.1) is 0 Å². The molecular weight excluding hydrogens is 239 g/mol. The summed E-state index contributed by atoms with van der Waals surface area (Å²) in [5.74, 6) is 0. The average Bonchev–Trinajstić information content (AvgIpc) is 2.71. The summed E-state index contributed by atoms with van der Waals surface area (Å²) < 4.78 is 6.43. The summed E-state index contributed by atoms with van der Waals surface area (Å²) in [5, 5.41) is 0. The highest BCUT2D eigenvalue weighted by molar-refractivity contribution is 14.1. The second-order valence-corrected chi connectivity index (χ2v) is 3.93. The van der Waals surface area contributed by atoms with Crippen molar-refractivity contribution in [3.63, 3.8) is 0 Å². The van der Waals surface area contributed by atoms with Crippen LogP contribution in [0.2, 0.25) is 0 Å². The Kier molecular flexibility index (Phi) is 4.70. The molecule has 1 nitrogen and oxygen atoms in total. The van der Waals surface area contributed by atoms with Crippen molar-refractivity contribution in [3.05, 3.63) is 0 Å². The quantitative estimate of drug-likeness (QED) is 0.307. The smallest absolute Gasteiger partial charge is 0.0810 e. The molecule has 1 unspecified atom stereocenters. The number of epoxide rings is 1. The van der Waals surface area contributed by atoms with E-state index < -0.39 is 0 Å². The molecule has 2 heteroatoms. The monoisotopic (exact) mass is 254 g/mol. The van der Waals surface area contributed by atoms with E-state index in [-0.39, 0.29) is 0 Å². The van der Waals surface area contributed by atoms with Crippen LogP contribution in [0.4, 0.5) is 0 Å². The van der Waals surface area contributed by atoms with Crippen LogP contribution < -0.4 is 0 Å². The Balaban J connectivity index is 1.68. The molecule has 1 saturated heterocycles. The minimum absolute atomic E-state index is 0.652. The molecule has 0 aromatic heterocycles. The van der Waals surface area contributed by atoms with Gasteiger partial charge in [0.05, 0.1) is 12.7 Å². The third-order valence-corrected chi connectivity index (χ3v) is 2.57. The van der Waals surface area contributed by atoms with Gasteiger partial charge >= 0.3 is 0 Å². The lowest BCUT2D eigenvalue weighted by molar-refractivity contribution is 0.388. The molecule has 10 heavy (non-hydrogen) atoms. The third kappa shape index (κ3) is 4.50. The Morgan fingerprint density at radius 3 is 2.50 bits per heavy atom. The molecule has 1 aliphatic heterocycles. The van der Waals surface area contributed by atoms with Crippen LogP contribution in [-0.4, -0.2) is 17.1 Å². The first-order valence-electron chi connectivity index (χ1n) is 4.11. The van der Waals surface area contributed by atoms with Crippen molar-refractivity contribution in [1.29, 1.82) is 0 Å². The molecule has 0 N–H and O–H groups in total. The Hall–Kier alpha value is 0.690. The number of ether oxygens (including phenoxy) is 1. The maximum Gasteiger partial charge on any atom is 0.0810 e. The second kappa shape index (κ2) is 5.35. The highest BCUT2D eigenvalue weighted by Crippen LogP contribution is 2.17. The maximum absolute atomic E-state index is 5.11. The third-order valence-electron chi connectivity index (χ3n) is 1.81. The van der Waals surface area contributed by atoms with Crippen molar-refractivity contribution >= 4 is 22.6 Å². The summed E-state index contributed by atoms with van der Waals surface area (Å²) in [5.41, 5.74) is 0.